The number of hydrogen-bond acceptors (Lipinski definition) is 5. The lowest BCUT2D eigenvalue weighted by atomic mass is 9.82. The maximum Gasteiger partial charge on any atom is 0.289 e. The number of benzene rings is 1. The van der Waals surface area contributed by atoms with Crippen LogP contribution in [-0.2, 0) is 20.9 Å². The number of nitrogens with zero attached hydrogens (tertiary/aromatic N) is 1. The first kappa shape index (κ1) is 20.5. The van der Waals surface area contributed by atoms with Crippen molar-refractivity contribution in [2.45, 2.75) is 37.6 Å². The highest BCUT2D eigenvalue weighted by Gasteiger charge is 2.34. The number of carbonyl (C=O) groups is 2. The highest BCUT2D eigenvalue weighted by atomic mass is 32.2. The van der Waals surface area contributed by atoms with E-state index in [0.717, 1.165) is 25.7 Å². The molecule has 8 nitrogen and oxygen atoms in total. The highest BCUT2D eigenvalue weighted by Crippen LogP contribution is 2.32. The fourth-order valence-electron chi connectivity index (χ4n) is 3.81. The zero-order chi connectivity index (χ0) is 20.1. The Bertz CT molecular complexity index is 775. The smallest absolute Gasteiger partial charge is 0.289 e. The van der Waals surface area contributed by atoms with E-state index in [-0.39, 0.29) is 31.2 Å². The lowest BCUT2D eigenvalue weighted by Crippen LogP contribution is -2.39. The van der Waals surface area contributed by atoms with E-state index < -0.39 is 28.8 Å². The molecule has 28 heavy (non-hydrogen) atoms. The minimum atomic E-state index is -2.42. The van der Waals surface area contributed by atoms with E-state index in [1.54, 1.807) is 0 Å². The lowest BCUT2D eigenvalue weighted by Gasteiger charge is -2.29. The summed E-state index contributed by atoms with van der Waals surface area (Å²) in [5.41, 5.74) is 1.36. The number of aliphatic hydroxyl groups is 1. The zero-order valence-corrected chi connectivity index (χ0v) is 16.2. The van der Waals surface area contributed by atoms with Gasteiger partial charge in [-0.3, -0.25) is 13.8 Å². The Morgan fingerprint density at radius 3 is 2.54 bits per heavy atom. The molecule has 0 bridgehead atoms. The first-order chi connectivity index (χ1) is 13.5. The van der Waals surface area contributed by atoms with Crippen LogP contribution in [0.25, 0.3) is 0 Å². The summed E-state index contributed by atoms with van der Waals surface area (Å²) in [6.45, 7) is 0.0758. The van der Waals surface area contributed by atoms with Gasteiger partial charge in [0, 0.05) is 30.4 Å². The van der Waals surface area contributed by atoms with Crippen LogP contribution >= 0.6 is 0 Å². The Kier molecular flexibility index (Phi) is 6.82. The van der Waals surface area contributed by atoms with Gasteiger partial charge in [-0.2, -0.15) is 0 Å². The highest BCUT2D eigenvalue weighted by molar-refractivity contribution is 7.77. The predicted molar refractivity (Wildman–Crippen MR) is 103 cm³/mol. The molecule has 1 heterocycles. The van der Waals surface area contributed by atoms with Gasteiger partial charge in [-0.1, -0.05) is 30.3 Å². The molecule has 2 aliphatic rings. The number of hydrogen-bond donors (Lipinski definition) is 3. The second-order valence-electron chi connectivity index (χ2n) is 7.12. The summed E-state index contributed by atoms with van der Waals surface area (Å²) in [6.07, 6.45) is 3.64. The molecular weight excluding hydrogens is 382 g/mol. The first-order valence-corrected chi connectivity index (χ1v) is 10.4. The summed E-state index contributed by atoms with van der Waals surface area (Å²) < 4.78 is 23.1. The molecule has 2 amide bonds. The summed E-state index contributed by atoms with van der Waals surface area (Å²) in [6, 6.07) is 10.3. The number of rotatable bonds is 7. The molecule has 1 atom stereocenters. The summed E-state index contributed by atoms with van der Waals surface area (Å²) in [5.74, 6) is -1.16. The molecule has 0 radical (unpaired) electrons. The average Bonchev–Trinajstić information content (AvgIpc) is 2.98. The van der Waals surface area contributed by atoms with Crippen molar-refractivity contribution in [3.8, 4) is 0 Å². The van der Waals surface area contributed by atoms with Crippen LogP contribution in [0.3, 0.4) is 0 Å². The molecule has 3 rings (SSSR count). The van der Waals surface area contributed by atoms with Crippen molar-refractivity contribution in [2.75, 3.05) is 19.6 Å². The van der Waals surface area contributed by atoms with E-state index in [2.05, 4.69) is 22.2 Å². The fraction of sp³-hybridized carbons (Fsp3) is 0.474. The van der Waals surface area contributed by atoms with Crippen molar-refractivity contribution in [1.82, 2.24) is 14.9 Å². The quantitative estimate of drug-likeness (QED) is 0.580. The third kappa shape index (κ3) is 4.98. The topological polar surface area (TPSA) is 122 Å². The van der Waals surface area contributed by atoms with E-state index in [9.17, 15) is 23.5 Å². The average molecular weight is 406 g/mol. The molecule has 1 aromatic rings. The van der Waals surface area contributed by atoms with Gasteiger partial charge in [0.1, 0.15) is 0 Å². The van der Waals surface area contributed by atoms with Gasteiger partial charge in [0.05, 0.1) is 12.1 Å². The van der Waals surface area contributed by atoms with E-state index in [0.29, 0.717) is 5.92 Å². The lowest BCUT2D eigenvalue weighted by molar-refractivity contribution is -0.127. The van der Waals surface area contributed by atoms with Crippen molar-refractivity contribution in [3.05, 3.63) is 47.2 Å². The van der Waals surface area contributed by atoms with Crippen molar-refractivity contribution in [3.63, 3.8) is 0 Å². The SMILES string of the molecule is O=C(NC1CCC(c2ccccc2)CC1)C1=C(O)C(=O)N(CCNS(=O)[O-])C1. The molecule has 0 aromatic heterocycles. The molecule has 3 N–H and O–H groups in total. The van der Waals surface area contributed by atoms with Crippen molar-refractivity contribution in [2.24, 2.45) is 0 Å². The number of carbonyl (C=O) groups excluding carboxylic acids is 2. The summed E-state index contributed by atoms with van der Waals surface area (Å²) in [7, 11) is 0. The van der Waals surface area contributed by atoms with Crippen LogP contribution in [0.2, 0.25) is 0 Å². The maximum absolute atomic E-state index is 12.5. The van der Waals surface area contributed by atoms with Crippen LogP contribution in [0, 0.1) is 0 Å². The molecule has 1 fully saturated rings. The minimum absolute atomic E-state index is 0.0152. The third-order valence-corrected chi connectivity index (χ3v) is 5.77. The van der Waals surface area contributed by atoms with Gasteiger partial charge in [0.2, 0.25) is 0 Å². The van der Waals surface area contributed by atoms with E-state index >= 15 is 0 Å². The molecule has 1 aromatic carbocycles. The Hall–Kier alpha value is -2.23. The monoisotopic (exact) mass is 406 g/mol. The van der Waals surface area contributed by atoms with Gasteiger partial charge in [0.25, 0.3) is 11.8 Å². The molecule has 0 spiro atoms. The van der Waals surface area contributed by atoms with Crippen LogP contribution in [0.15, 0.2) is 41.7 Å². The standard InChI is InChI=1S/C19H25N3O5S/c23-17-16(12-22(19(17)25)11-10-20-28(26)27)18(24)21-15-8-6-14(7-9-15)13-4-2-1-3-5-13/h1-5,14-15,20,23H,6-12H2,(H,21,24)(H,26,27)/p-1. The normalized spacial score (nSPS) is 23.8. The number of aliphatic hydroxyl groups excluding tert-OH is 1. The van der Waals surface area contributed by atoms with Gasteiger partial charge in [-0.25, -0.2) is 4.72 Å². The van der Waals surface area contributed by atoms with Gasteiger partial charge in [0.15, 0.2) is 5.76 Å². The van der Waals surface area contributed by atoms with Crippen LogP contribution in [0.4, 0.5) is 0 Å². The Balaban J connectivity index is 1.49. The number of nitrogens with one attached hydrogen (secondary N) is 2. The Labute approximate surface area is 166 Å². The molecule has 1 saturated carbocycles. The molecule has 1 unspecified atom stereocenters. The van der Waals surface area contributed by atoms with E-state index in [4.69, 9.17) is 0 Å². The van der Waals surface area contributed by atoms with Gasteiger partial charge < -0.3 is 19.9 Å². The van der Waals surface area contributed by atoms with Crippen LogP contribution in [0.1, 0.15) is 37.2 Å². The third-order valence-electron chi connectivity index (χ3n) is 5.33. The molecule has 152 valence electrons. The Morgan fingerprint density at radius 1 is 1.21 bits per heavy atom. The van der Waals surface area contributed by atoms with Gasteiger partial charge >= 0.3 is 0 Å². The maximum atomic E-state index is 12.5. The Morgan fingerprint density at radius 2 is 1.89 bits per heavy atom. The van der Waals surface area contributed by atoms with Gasteiger partial charge in [-0.15, -0.1) is 0 Å². The second kappa shape index (κ2) is 9.31. The van der Waals surface area contributed by atoms with Crippen LogP contribution < -0.4 is 10.0 Å². The minimum Gasteiger partial charge on any atom is -0.760 e. The largest absolute Gasteiger partial charge is 0.760 e. The van der Waals surface area contributed by atoms with E-state index in [1.807, 2.05) is 18.2 Å². The molecular formula is C19H24N3O5S-. The van der Waals surface area contributed by atoms with Crippen molar-refractivity contribution in [1.29, 1.82) is 0 Å². The fourth-order valence-corrected chi connectivity index (χ4v) is 4.07. The van der Waals surface area contributed by atoms with Gasteiger partial charge in [-0.05, 0) is 37.2 Å². The molecule has 0 saturated heterocycles. The summed E-state index contributed by atoms with van der Waals surface area (Å²) in [5, 5.41) is 12.9. The van der Waals surface area contributed by atoms with E-state index in [1.165, 1.54) is 10.5 Å². The van der Waals surface area contributed by atoms with Crippen molar-refractivity contribution < 1.29 is 23.5 Å². The first-order valence-electron chi connectivity index (χ1n) is 9.35. The second-order valence-corrected chi connectivity index (χ2v) is 7.87. The van der Waals surface area contributed by atoms with Crippen molar-refractivity contribution >= 4 is 23.1 Å². The molecule has 1 aliphatic heterocycles. The zero-order valence-electron chi connectivity index (χ0n) is 15.4. The predicted octanol–water partition coefficient (Wildman–Crippen LogP) is 0.867. The number of amides is 2. The van der Waals surface area contributed by atoms with Crippen LogP contribution in [-0.4, -0.2) is 56.3 Å². The summed E-state index contributed by atoms with van der Waals surface area (Å²) >= 11 is -2.42. The summed E-state index contributed by atoms with van der Waals surface area (Å²) in [4.78, 5) is 25.8. The molecule has 1 aliphatic carbocycles. The van der Waals surface area contributed by atoms with Crippen LogP contribution in [0.5, 0.6) is 0 Å². The molecule has 9 heteroatoms.